The third-order valence-electron chi connectivity index (χ3n) is 15.2. The van der Waals surface area contributed by atoms with Crippen molar-refractivity contribution in [1.82, 2.24) is 30.6 Å². The summed E-state index contributed by atoms with van der Waals surface area (Å²) in [5.74, 6) is -2.81. The van der Waals surface area contributed by atoms with Gasteiger partial charge < -0.3 is 60.6 Å². The lowest BCUT2D eigenvalue weighted by molar-refractivity contribution is -0.138. The highest BCUT2D eigenvalue weighted by Gasteiger charge is 2.41. The van der Waals surface area contributed by atoms with E-state index in [1.54, 1.807) is 74.5 Å². The number of ether oxygens (including phenoxy) is 2. The Morgan fingerprint density at radius 2 is 1.07 bits per heavy atom. The Morgan fingerprint density at radius 1 is 0.604 bits per heavy atom. The maximum Gasteiger partial charge on any atom is 0.421 e. The Labute approximate surface area is 525 Å². The van der Waals surface area contributed by atoms with Crippen molar-refractivity contribution in [2.75, 3.05) is 75.0 Å². The van der Waals surface area contributed by atoms with E-state index in [0.29, 0.717) is 94.3 Å². The van der Waals surface area contributed by atoms with Crippen LogP contribution in [0.25, 0.3) is 0 Å². The van der Waals surface area contributed by atoms with Crippen molar-refractivity contribution in [3.05, 3.63) is 130 Å². The molecule has 2 aliphatic carbocycles. The van der Waals surface area contributed by atoms with E-state index in [-0.39, 0.29) is 102 Å². The second kappa shape index (κ2) is 32.0. The quantitative estimate of drug-likeness (QED) is 0.0120. The minimum Gasteiger partial charge on any atom is -0.495 e. The third kappa shape index (κ3) is 19.0. The van der Waals surface area contributed by atoms with Gasteiger partial charge in [-0.2, -0.15) is 50.3 Å². The number of carbonyl (C=O) groups is 2. The van der Waals surface area contributed by atoms with E-state index >= 15 is 0 Å². The van der Waals surface area contributed by atoms with Crippen molar-refractivity contribution in [1.29, 1.82) is 0 Å². The third-order valence-corrected chi connectivity index (χ3v) is 19.0. The summed E-state index contributed by atoms with van der Waals surface area (Å²) in [6.07, 6.45) is -4.56. The van der Waals surface area contributed by atoms with Crippen LogP contribution in [0.15, 0.2) is 85.2 Å². The second-order valence-corrected chi connectivity index (χ2v) is 25.1. The topological polar surface area (TPSA) is 274 Å². The summed E-state index contributed by atoms with van der Waals surface area (Å²) >= 11 is 0. The molecule has 492 valence electrons. The second-order valence-electron chi connectivity index (χ2n) is 21.5. The van der Waals surface area contributed by atoms with Crippen LogP contribution >= 0.6 is 16.3 Å². The molecule has 0 radical (unpaired) electrons. The van der Waals surface area contributed by atoms with Gasteiger partial charge in [0, 0.05) is 31.2 Å². The number of carbonyl (C=O) groups excluding carboxylic acids is 2. The van der Waals surface area contributed by atoms with Crippen LogP contribution < -0.4 is 41.4 Å². The zero-order valence-electron chi connectivity index (χ0n) is 51.3. The van der Waals surface area contributed by atoms with Gasteiger partial charge in [0.05, 0.1) is 86.2 Å². The van der Waals surface area contributed by atoms with Gasteiger partial charge in [-0.3, -0.25) is 9.59 Å². The predicted molar refractivity (Wildman–Crippen MR) is 335 cm³/mol. The average molecular weight is 1310 g/mol. The van der Waals surface area contributed by atoms with Crippen LogP contribution in [0.4, 0.5) is 72.6 Å². The van der Waals surface area contributed by atoms with Gasteiger partial charge in [-0.15, -0.1) is 0 Å². The van der Waals surface area contributed by atoms with Gasteiger partial charge in [0.2, 0.25) is 11.9 Å². The molecule has 8 rings (SSSR count). The van der Waals surface area contributed by atoms with Crippen LogP contribution in [-0.4, -0.2) is 113 Å². The molecule has 4 aromatic carbocycles. The highest BCUT2D eigenvalue weighted by Crippen LogP contribution is 2.60. The van der Waals surface area contributed by atoms with Crippen LogP contribution in [0.5, 0.6) is 11.5 Å². The molecule has 0 unspecified atom stereocenters. The molecule has 2 saturated carbocycles. The van der Waals surface area contributed by atoms with Crippen molar-refractivity contribution in [2.24, 2.45) is 0 Å². The maximum absolute atomic E-state index is 14.8. The van der Waals surface area contributed by atoms with Crippen molar-refractivity contribution in [2.45, 2.75) is 128 Å². The molecule has 2 heterocycles. The monoisotopic (exact) mass is 1310 g/mol. The highest BCUT2D eigenvalue weighted by molar-refractivity contribution is 7.59. The summed E-state index contributed by atoms with van der Waals surface area (Å²) in [6, 6.07) is 19.5. The summed E-state index contributed by atoms with van der Waals surface area (Å²) in [6.45, 7) is 7.87. The number of benzene rings is 4. The Balaban J connectivity index is 1.06. The standard InChI is InChI=1S/C62H76F6N10O11P2/c1-7-86-90(87-8-2)35-37-11-23-52(76-60-72-34-47(61(63,64)65)55(78-60)73-49-25-17-41(31-45(49)57(81)69-5)39-13-19-43(79)20-14-39)54(29-37)85-28-27-70-58(82)46-32-42(40-15-21-44(80)22-16-40)18-26-50(46)74-56-48(62(66,67)68)33-71-59(77-56)75-51-24-12-38(30-53(51)84-6)36-91(83,88-9-3)89-10-4/h11-12,17-18,23-26,29-34,39-40,43-44,79-80,83H,7-10,13-16,19-22,27-28,35-36H2,1-6H3,(H5-,69,70,71,72,73,74,75,76,77,78,81,82)/p+1. The lowest BCUT2D eigenvalue weighted by atomic mass is 9.82. The first-order chi connectivity index (χ1) is 43.5. The average Bonchev–Trinajstić information content (AvgIpc) is 1.20. The van der Waals surface area contributed by atoms with Crippen molar-refractivity contribution >= 4 is 74.4 Å². The van der Waals surface area contributed by atoms with E-state index in [0.717, 1.165) is 11.1 Å². The van der Waals surface area contributed by atoms with Crippen LogP contribution in [0, 0.1) is 0 Å². The van der Waals surface area contributed by atoms with E-state index in [2.05, 4.69) is 51.8 Å². The number of aliphatic hydroxyl groups excluding tert-OH is 2. The molecular formula is C62H77F6N10O11P2+. The van der Waals surface area contributed by atoms with Gasteiger partial charge in [-0.05, 0) is 156 Å². The summed E-state index contributed by atoms with van der Waals surface area (Å²) < 4.78 is 123. The Morgan fingerprint density at radius 3 is 1.53 bits per heavy atom. The predicted octanol–water partition coefficient (Wildman–Crippen LogP) is 13.7. The lowest BCUT2D eigenvalue weighted by Gasteiger charge is -2.26. The first kappa shape index (κ1) is 69.8. The molecule has 0 spiro atoms. The molecule has 0 bridgehead atoms. The van der Waals surface area contributed by atoms with Gasteiger partial charge in [-0.1, -0.05) is 24.3 Å². The smallest absolute Gasteiger partial charge is 0.421 e. The highest BCUT2D eigenvalue weighted by atomic mass is 31.2. The fraction of sp³-hybridized carbons (Fsp3) is 0.452. The van der Waals surface area contributed by atoms with Crippen molar-refractivity contribution in [3.8, 4) is 11.5 Å². The fourth-order valence-electron chi connectivity index (χ4n) is 10.7. The number of halogens is 6. The Kier molecular flexibility index (Phi) is 24.5. The molecule has 21 nitrogen and oxygen atoms in total. The van der Waals surface area contributed by atoms with Crippen LogP contribution in [0.3, 0.4) is 0 Å². The van der Waals surface area contributed by atoms with E-state index in [4.69, 9.17) is 27.6 Å². The van der Waals surface area contributed by atoms with Crippen molar-refractivity contribution in [3.63, 3.8) is 0 Å². The zero-order valence-corrected chi connectivity index (χ0v) is 53.1. The summed E-state index contributed by atoms with van der Waals surface area (Å²) in [4.78, 5) is 55.4. The largest absolute Gasteiger partial charge is 0.495 e. The zero-order chi connectivity index (χ0) is 65.5. The number of anilines is 8. The number of aliphatic hydroxyl groups is 2. The molecule has 0 aliphatic heterocycles. The minimum absolute atomic E-state index is 0.0278. The fourth-order valence-corrected chi connectivity index (χ4v) is 13.8. The number of nitrogens with zero attached hydrogens (tertiary/aromatic N) is 4. The number of alkyl halides is 6. The number of rotatable bonds is 29. The molecule has 2 aromatic heterocycles. The molecule has 2 aliphatic rings. The number of amides is 2. The summed E-state index contributed by atoms with van der Waals surface area (Å²) in [5, 5.41) is 37.2. The van der Waals surface area contributed by atoms with Gasteiger partial charge in [-0.25, -0.2) is 9.97 Å². The first-order valence-electron chi connectivity index (χ1n) is 30.0. The SMILES string of the molecule is CCOP(Cc1ccc(Nc2ncc(C(F)(F)F)c(Nc3ccc(C4CCC(O)CC4)cc3C(=O)NC)n2)c(OCCNC(=O)c2cc(C3CCC(O)CC3)ccc2Nc2nc(Nc3ccc(C[P+](O)(OCC)OCC)cc3OC)ncc2C(F)(F)F)c1)OCC. The maximum atomic E-state index is 14.8. The van der Waals surface area contributed by atoms with E-state index in [1.165, 1.54) is 26.3 Å². The van der Waals surface area contributed by atoms with Gasteiger partial charge in [0.25, 0.3) is 11.8 Å². The van der Waals surface area contributed by atoms with Gasteiger partial charge in [0.1, 0.15) is 40.9 Å². The van der Waals surface area contributed by atoms with Gasteiger partial charge >= 0.3 is 20.3 Å². The molecule has 9 N–H and O–H groups in total. The number of hydrogen-bond acceptors (Lipinski definition) is 19. The van der Waals surface area contributed by atoms with E-state index < -0.39 is 75.5 Å². The molecular weight excluding hydrogens is 1240 g/mol. The van der Waals surface area contributed by atoms with Crippen LogP contribution in [0.1, 0.15) is 145 Å². The molecule has 0 atom stereocenters. The van der Waals surface area contributed by atoms with Crippen LogP contribution in [-0.2, 0) is 42.8 Å². The summed E-state index contributed by atoms with van der Waals surface area (Å²) in [7, 11) is -1.87. The number of aromatic nitrogens is 4. The van der Waals surface area contributed by atoms with Crippen molar-refractivity contribution < 1.29 is 78.6 Å². The van der Waals surface area contributed by atoms with E-state index in [9.17, 15) is 51.0 Å². The first-order valence-corrected chi connectivity index (χ1v) is 33.1. The molecule has 6 aromatic rings. The van der Waals surface area contributed by atoms with E-state index in [1.807, 2.05) is 13.8 Å². The summed E-state index contributed by atoms with van der Waals surface area (Å²) in [5.41, 5.74) is 0.860. The minimum atomic E-state index is -4.97. The Hall–Kier alpha value is -7.06. The molecule has 91 heavy (non-hydrogen) atoms. The van der Waals surface area contributed by atoms with Crippen LogP contribution in [0.2, 0.25) is 0 Å². The molecule has 2 amide bonds. The van der Waals surface area contributed by atoms with Gasteiger partial charge in [0.15, 0.2) is 14.5 Å². The molecule has 29 heteroatoms. The Bertz CT molecular complexity index is 3420. The number of methoxy groups -OCH3 is 1. The normalized spacial score (nSPS) is 17.1. The molecule has 0 saturated heterocycles. The number of nitrogens with one attached hydrogen (secondary N) is 6. The molecule has 2 fully saturated rings. The lowest BCUT2D eigenvalue weighted by Crippen LogP contribution is -2.29. The number of hydrogen-bond donors (Lipinski definition) is 9.